The molecule has 0 aliphatic rings. The van der Waals surface area contributed by atoms with Crippen LogP contribution in [0.25, 0.3) is 0 Å². The Balaban J connectivity index is 3.47. The molecule has 1 aromatic rings. The molecule has 0 unspecified atom stereocenters. The highest BCUT2D eigenvalue weighted by Gasteiger charge is 2.21. The molecule has 0 aromatic heterocycles. The highest BCUT2D eigenvalue weighted by molar-refractivity contribution is 6.31. The number of alkyl halides is 2. The number of ether oxygens (including phenoxy) is 1. The summed E-state index contributed by atoms with van der Waals surface area (Å²) in [5.41, 5.74) is -0.510. The van der Waals surface area contributed by atoms with Gasteiger partial charge in [0.2, 0.25) is 0 Å². The largest absolute Gasteiger partial charge is 0.496 e. The minimum atomic E-state index is -2.75. The van der Waals surface area contributed by atoms with Crippen LogP contribution in [0, 0.1) is 0 Å². The fourth-order valence-electron chi connectivity index (χ4n) is 1.31. The zero-order valence-electron chi connectivity index (χ0n) is 8.18. The topological polar surface area (TPSA) is 26.3 Å². The van der Waals surface area contributed by atoms with Gasteiger partial charge in [0.25, 0.3) is 6.43 Å². The van der Waals surface area contributed by atoms with Crippen LogP contribution in [0.1, 0.15) is 29.3 Å². The van der Waals surface area contributed by atoms with Gasteiger partial charge in [-0.3, -0.25) is 4.79 Å². The molecule has 0 heterocycles. The van der Waals surface area contributed by atoms with E-state index in [-0.39, 0.29) is 16.3 Å². The van der Waals surface area contributed by atoms with Crippen molar-refractivity contribution >= 4 is 17.4 Å². The third-order valence-electron chi connectivity index (χ3n) is 1.90. The third kappa shape index (κ3) is 2.45. The van der Waals surface area contributed by atoms with Crippen molar-refractivity contribution in [3.63, 3.8) is 0 Å². The Hall–Kier alpha value is -1.16. The molecule has 0 N–H and O–H groups in total. The van der Waals surface area contributed by atoms with Crippen LogP contribution in [0.15, 0.2) is 12.1 Å². The van der Waals surface area contributed by atoms with E-state index in [1.807, 2.05) is 0 Å². The molecular formula is C10H9ClF2O2. The first-order valence-corrected chi connectivity index (χ1v) is 4.51. The molecule has 0 saturated carbocycles. The Kier molecular flexibility index (Phi) is 3.63. The number of Topliss-reactive ketones (excluding diaryl/α,β-unsaturated/α-hetero) is 1. The molecule has 0 atom stereocenters. The van der Waals surface area contributed by atoms with E-state index in [4.69, 9.17) is 16.3 Å². The van der Waals surface area contributed by atoms with Crippen LogP contribution in [0.5, 0.6) is 5.75 Å². The predicted molar refractivity (Wildman–Crippen MR) is 53.0 cm³/mol. The van der Waals surface area contributed by atoms with Crippen molar-refractivity contribution in [2.45, 2.75) is 13.3 Å². The van der Waals surface area contributed by atoms with Gasteiger partial charge in [-0.15, -0.1) is 0 Å². The summed E-state index contributed by atoms with van der Waals surface area (Å²) in [7, 11) is 1.30. The van der Waals surface area contributed by atoms with Gasteiger partial charge in [-0.25, -0.2) is 8.78 Å². The second kappa shape index (κ2) is 4.57. The average molecular weight is 235 g/mol. The van der Waals surface area contributed by atoms with Crippen molar-refractivity contribution in [2.24, 2.45) is 0 Å². The number of hydrogen-bond donors (Lipinski definition) is 0. The van der Waals surface area contributed by atoms with Gasteiger partial charge in [0.05, 0.1) is 12.7 Å². The first kappa shape index (κ1) is 11.9. The third-order valence-corrected chi connectivity index (χ3v) is 2.12. The minimum Gasteiger partial charge on any atom is -0.496 e. The molecule has 0 bridgehead atoms. The molecule has 15 heavy (non-hydrogen) atoms. The molecule has 0 spiro atoms. The summed E-state index contributed by atoms with van der Waals surface area (Å²) in [4.78, 5) is 11.2. The highest BCUT2D eigenvalue weighted by atomic mass is 35.5. The number of ketones is 1. The summed E-state index contributed by atoms with van der Waals surface area (Å²) < 4.78 is 30.1. The van der Waals surface area contributed by atoms with Crippen LogP contribution in [0.3, 0.4) is 0 Å². The number of hydrogen-bond acceptors (Lipinski definition) is 2. The standard InChI is InChI=1S/C10H9ClF2O2/c1-5(14)9-7(10(12)13)3-6(11)4-8(9)15-2/h3-4,10H,1-2H3. The lowest BCUT2D eigenvalue weighted by atomic mass is 10.0. The van der Waals surface area contributed by atoms with Gasteiger partial charge in [-0.05, 0) is 19.1 Å². The quantitative estimate of drug-likeness (QED) is 0.749. The maximum absolute atomic E-state index is 12.6. The SMILES string of the molecule is COc1cc(Cl)cc(C(F)F)c1C(C)=O. The number of carbonyl (C=O) groups is 1. The van der Waals surface area contributed by atoms with Crippen LogP contribution in [0.4, 0.5) is 8.78 Å². The zero-order valence-corrected chi connectivity index (χ0v) is 8.94. The van der Waals surface area contributed by atoms with E-state index < -0.39 is 17.8 Å². The first-order chi connectivity index (χ1) is 6.97. The number of methoxy groups -OCH3 is 1. The van der Waals surface area contributed by atoms with Gasteiger partial charge in [-0.2, -0.15) is 0 Å². The van der Waals surface area contributed by atoms with Crippen molar-refractivity contribution in [1.82, 2.24) is 0 Å². The predicted octanol–water partition coefficient (Wildman–Crippen LogP) is 3.49. The van der Waals surface area contributed by atoms with Crippen molar-refractivity contribution in [1.29, 1.82) is 0 Å². The summed E-state index contributed by atoms with van der Waals surface area (Å²) >= 11 is 5.62. The Morgan fingerprint density at radius 2 is 2.07 bits per heavy atom. The molecule has 0 radical (unpaired) electrons. The second-order valence-electron chi connectivity index (χ2n) is 2.93. The lowest BCUT2D eigenvalue weighted by molar-refractivity contribution is 0.0995. The molecule has 0 fully saturated rings. The molecule has 0 aliphatic heterocycles. The van der Waals surface area contributed by atoms with Gasteiger partial charge in [0.15, 0.2) is 5.78 Å². The fourth-order valence-corrected chi connectivity index (χ4v) is 1.53. The maximum atomic E-state index is 12.6. The van der Waals surface area contributed by atoms with Crippen LogP contribution < -0.4 is 4.74 Å². The van der Waals surface area contributed by atoms with Crippen LogP contribution in [-0.2, 0) is 0 Å². The molecule has 5 heteroatoms. The Morgan fingerprint density at radius 3 is 2.47 bits per heavy atom. The molecule has 82 valence electrons. The number of carbonyl (C=O) groups excluding carboxylic acids is 1. The van der Waals surface area contributed by atoms with Crippen molar-refractivity contribution in [2.75, 3.05) is 7.11 Å². The van der Waals surface area contributed by atoms with Crippen molar-refractivity contribution < 1.29 is 18.3 Å². The molecular weight excluding hydrogens is 226 g/mol. The Morgan fingerprint density at radius 1 is 1.47 bits per heavy atom. The number of rotatable bonds is 3. The first-order valence-electron chi connectivity index (χ1n) is 4.14. The van der Waals surface area contributed by atoms with Crippen molar-refractivity contribution in [3.8, 4) is 5.75 Å². The van der Waals surface area contributed by atoms with Crippen molar-refractivity contribution in [3.05, 3.63) is 28.3 Å². The van der Waals surface area contributed by atoms with Crippen LogP contribution in [-0.4, -0.2) is 12.9 Å². The molecule has 0 amide bonds. The van der Waals surface area contributed by atoms with E-state index in [1.54, 1.807) is 0 Å². The van der Waals surface area contributed by atoms with Crippen LogP contribution >= 0.6 is 11.6 Å². The van der Waals surface area contributed by atoms with Crippen LogP contribution in [0.2, 0.25) is 5.02 Å². The normalized spacial score (nSPS) is 10.5. The molecule has 2 nitrogen and oxygen atoms in total. The van der Waals surface area contributed by atoms with Gasteiger partial charge >= 0.3 is 0 Å². The van der Waals surface area contributed by atoms with Gasteiger partial charge < -0.3 is 4.74 Å². The molecule has 1 aromatic carbocycles. The fraction of sp³-hybridized carbons (Fsp3) is 0.300. The zero-order chi connectivity index (χ0) is 11.6. The molecule has 0 aliphatic carbocycles. The summed E-state index contributed by atoms with van der Waals surface area (Å²) in [5, 5.41) is 0.118. The van der Waals surface area contributed by atoms with E-state index in [2.05, 4.69) is 0 Å². The second-order valence-corrected chi connectivity index (χ2v) is 3.37. The van der Waals surface area contributed by atoms with E-state index in [1.165, 1.54) is 20.1 Å². The summed E-state index contributed by atoms with van der Waals surface area (Å²) in [6.45, 7) is 1.21. The molecule has 1 rings (SSSR count). The van der Waals surface area contributed by atoms with E-state index in [0.29, 0.717) is 0 Å². The molecule has 0 saturated heterocycles. The van der Waals surface area contributed by atoms with E-state index in [9.17, 15) is 13.6 Å². The Labute approximate surface area is 90.8 Å². The average Bonchev–Trinajstić information content (AvgIpc) is 2.15. The lowest BCUT2D eigenvalue weighted by Gasteiger charge is -2.11. The monoisotopic (exact) mass is 234 g/mol. The summed E-state index contributed by atoms with van der Waals surface area (Å²) in [6, 6.07) is 2.41. The maximum Gasteiger partial charge on any atom is 0.264 e. The summed E-state index contributed by atoms with van der Waals surface area (Å²) in [5.74, 6) is -0.399. The van der Waals surface area contributed by atoms with E-state index >= 15 is 0 Å². The Bertz CT molecular complexity index is 391. The number of halogens is 3. The van der Waals surface area contributed by atoms with Gasteiger partial charge in [-0.1, -0.05) is 11.6 Å². The van der Waals surface area contributed by atoms with E-state index in [0.717, 1.165) is 6.07 Å². The van der Waals surface area contributed by atoms with Gasteiger partial charge in [0.1, 0.15) is 5.75 Å². The minimum absolute atomic E-state index is 0.0744. The van der Waals surface area contributed by atoms with Gasteiger partial charge in [0, 0.05) is 10.6 Å². The lowest BCUT2D eigenvalue weighted by Crippen LogP contribution is -2.03. The highest BCUT2D eigenvalue weighted by Crippen LogP contribution is 2.33. The number of benzene rings is 1. The summed E-state index contributed by atoms with van der Waals surface area (Å²) in [6.07, 6.45) is -2.75. The smallest absolute Gasteiger partial charge is 0.264 e.